The van der Waals surface area contributed by atoms with E-state index in [1.165, 1.54) is 188 Å². The monoisotopic (exact) mass is 1170 g/mol. The average molecular weight is 1170 g/mol. The summed E-state index contributed by atoms with van der Waals surface area (Å²) < 4.78 is 10.9. The minimum Gasteiger partial charge on any atom is -0.478 e. The van der Waals surface area contributed by atoms with E-state index in [1.807, 2.05) is 55.6 Å². The Morgan fingerprint density at radius 1 is 0.302 bits per heavy atom. The zero-order valence-corrected chi connectivity index (χ0v) is 52.0. The Kier molecular flexibility index (Phi) is 27.7. The summed E-state index contributed by atoms with van der Waals surface area (Å²) in [5, 5.41) is 34.5. The van der Waals surface area contributed by atoms with Crippen LogP contribution < -0.4 is 0 Å². The fourth-order valence-electron chi connectivity index (χ4n) is 14.8. The largest absolute Gasteiger partial charge is 0.478 e. The number of hydrogen-bond donors (Lipinski definition) is 4. The maximum atomic E-state index is 10.6. The first-order valence-electron chi connectivity index (χ1n) is 32.7. The smallest absolute Gasteiger partial charge is 0.328 e. The predicted molar refractivity (Wildman–Crippen MR) is 348 cm³/mol. The van der Waals surface area contributed by atoms with Crippen LogP contribution in [0.1, 0.15) is 236 Å². The Morgan fingerprint density at radius 3 is 0.721 bits per heavy atom. The van der Waals surface area contributed by atoms with E-state index >= 15 is 0 Å². The van der Waals surface area contributed by atoms with Crippen molar-refractivity contribution in [3.63, 3.8) is 0 Å². The maximum absolute atomic E-state index is 10.6. The molecule has 0 atom stereocenters. The van der Waals surface area contributed by atoms with Crippen LogP contribution in [0.25, 0.3) is 24.3 Å². The molecule has 4 N–H and O–H groups in total. The van der Waals surface area contributed by atoms with Crippen LogP contribution in [0, 0.1) is 35.5 Å². The summed E-state index contributed by atoms with van der Waals surface area (Å²) in [6.45, 7) is 4.73. The van der Waals surface area contributed by atoms with Crippen molar-refractivity contribution in [3.05, 3.63) is 166 Å². The number of rotatable bonds is 16. The van der Waals surface area contributed by atoms with Crippen molar-refractivity contribution < 1.29 is 49.1 Å². The molecule has 0 aliphatic heterocycles. The quantitative estimate of drug-likeness (QED) is 0.0793. The number of hydrogen-bond acceptors (Lipinski definition) is 6. The topological polar surface area (TPSA) is 168 Å². The molecule has 6 saturated carbocycles. The van der Waals surface area contributed by atoms with E-state index < -0.39 is 23.9 Å². The van der Waals surface area contributed by atoms with Gasteiger partial charge in [0, 0.05) is 38.5 Å². The Labute approximate surface area is 514 Å². The van der Waals surface area contributed by atoms with Crippen LogP contribution in [-0.4, -0.2) is 70.7 Å². The number of aliphatic carboxylic acids is 4. The molecule has 10 nitrogen and oxygen atoms in total. The van der Waals surface area contributed by atoms with Crippen LogP contribution in [-0.2, 0) is 28.7 Å². The van der Waals surface area contributed by atoms with E-state index in [0.717, 1.165) is 70.6 Å². The molecule has 6 fully saturated rings. The minimum absolute atomic E-state index is 0.425. The van der Waals surface area contributed by atoms with Crippen molar-refractivity contribution in [2.45, 2.75) is 204 Å². The highest BCUT2D eigenvalue weighted by molar-refractivity contribution is 5.86. The summed E-state index contributed by atoms with van der Waals surface area (Å²) in [6, 6.07) is 33.4. The van der Waals surface area contributed by atoms with Gasteiger partial charge in [0.25, 0.3) is 0 Å². The minimum atomic E-state index is -0.915. The second kappa shape index (κ2) is 35.4. The van der Waals surface area contributed by atoms with Gasteiger partial charge in [-0.05, 0) is 256 Å². The molecule has 4 aromatic carbocycles. The first-order chi connectivity index (χ1) is 41.6. The van der Waals surface area contributed by atoms with Gasteiger partial charge < -0.3 is 29.9 Å². The Balaban J connectivity index is 0.000000166. The van der Waals surface area contributed by atoms with Crippen LogP contribution in [0.3, 0.4) is 0 Å². The van der Waals surface area contributed by atoms with E-state index in [4.69, 9.17) is 29.9 Å². The van der Waals surface area contributed by atoms with Gasteiger partial charge in [-0.15, -0.1) is 0 Å². The van der Waals surface area contributed by atoms with Gasteiger partial charge in [-0.1, -0.05) is 137 Å². The second-order valence-corrected chi connectivity index (χ2v) is 26.0. The molecule has 0 heterocycles. The number of methoxy groups -OCH3 is 2. The molecule has 10 heteroatoms. The molecule has 4 aromatic rings. The highest BCUT2D eigenvalue weighted by atomic mass is 16.5. The highest BCUT2D eigenvalue weighted by Gasteiger charge is 2.33. The van der Waals surface area contributed by atoms with Crippen LogP contribution in [0.2, 0.25) is 0 Å². The Morgan fingerprint density at radius 2 is 0.488 bits per heavy atom. The zero-order valence-electron chi connectivity index (χ0n) is 52.0. The number of carboxylic acid groups (broad SMARTS) is 4. The van der Waals surface area contributed by atoms with Crippen molar-refractivity contribution >= 4 is 48.2 Å². The van der Waals surface area contributed by atoms with Crippen LogP contribution in [0.5, 0.6) is 0 Å². The van der Waals surface area contributed by atoms with Gasteiger partial charge in [-0.3, -0.25) is 0 Å². The lowest BCUT2D eigenvalue weighted by molar-refractivity contribution is -0.132. The molecule has 0 saturated heterocycles. The number of benzene rings is 4. The summed E-state index contributed by atoms with van der Waals surface area (Å²) in [6.07, 6.45) is 43.7. The van der Waals surface area contributed by atoms with Gasteiger partial charge in [0.15, 0.2) is 0 Å². The molecule has 6 aliphatic carbocycles. The summed E-state index contributed by atoms with van der Waals surface area (Å²) in [5.41, 5.74) is 9.38. The number of carbonyl (C=O) groups is 4. The molecule has 464 valence electrons. The summed E-state index contributed by atoms with van der Waals surface area (Å²) in [4.78, 5) is 42.0. The third kappa shape index (κ3) is 22.7. The lowest BCUT2D eigenvalue weighted by Crippen LogP contribution is -2.27. The molecule has 0 unspecified atom stereocenters. The standard InChI is InChI=1S/C22H30O3.C22H30O2.C16H20O3.C16H20O2/c1-25-21-13-11-20(12-14-21)19-9-7-18(8-10-19)17-5-2-16(3-6-17)4-15-22(23)24;1-16-2-7-18(8-3-16)20-11-13-21(14-12-20)19-9-4-17(5-10-19)6-15-22(23)24;1-19-15-9-7-14(8-10-15)13-5-2-12(3-6-13)4-11-16(17)18;1-12-2-7-14(8-3-12)15-9-4-13(5-10-15)6-11-16(17)18/h2-6,15,18-21H,7-14H2,1H3,(H,23,24);4-6,9-10,15-16,18,20-21H,2-3,7-8,11-14H2,1H3,(H,23,24);2-6,11,14-15H,7-10H2,1H3,(H,17,18);4-6,9-12,14H,2-3,7-8H2,1H3,(H,17,18). The lowest BCUT2D eigenvalue weighted by atomic mass is 9.68. The third-order valence-electron chi connectivity index (χ3n) is 20.3. The van der Waals surface area contributed by atoms with Gasteiger partial charge in [-0.2, -0.15) is 0 Å². The van der Waals surface area contributed by atoms with E-state index in [1.54, 1.807) is 31.4 Å². The average Bonchev–Trinajstić information content (AvgIpc) is 3.58. The van der Waals surface area contributed by atoms with Crippen molar-refractivity contribution in [2.24, 2.45) is 35.5 Å². The third-order valence-corrected chi connectivity index (χ3v) is 20.3. The first-order valence-corrected chi connectivity index (χ1v) is 32.7. The Bertz CT molecular complexity index is 2760. The van der Waals surface area contributed by atoms with E-state index in [2.05, 4.69) is 62.4 Å². The normalized spacial score (nSPS) is 27.9. The maximum Gasteiger partial charge on any atom is 0.328 e. The van der Waals surface area contributed by atoms with Crippen LogP contribution in [0.15, 0.2) is 121 Å². The molecule has 0 amide bonds. The van der Waals surface area contributed by atoms with Gasteiger partial charge in [0.05, 0.1) is 12.2 Å². The van der Waals surface area contributed by atoms with Crippen molar-refractivity contribution in [3.8, 4) is 0 Å². The summed E-state index contributed by atoms with van der Waals surface area (Å²) in [5.74, 6) is 4.66. The van der Waals surface area contributed by atoms with E-state index in [9.17, 15) is 19.2 Å². The molecule has 0 spiro atoms. The van der Waals surface area contributed by atoms with Gasteiger partial charge in [-0.25, -0.2) is 19.2 Å². The zero-order chi connectivity index (χ0) is 61.2. The molecule has 0 bridgehead atoms. The first kappa shape index (κ1) is 67.2. The fraction of sp³-hybridized carbons (Fsp3) is 0.526. The van der Waals surface area contributed by atoms with Crippen molar-refractivity contribution in [2.75, 3.05) is 14.2 Å². The van der Waals surface area contributed by atoms with Gasteiger partial charge >= 0.3 is 23.9 Å². The van der Waals surface area contributed by atoms with E-state index in [-0.39, 0.29) is 0 Å². The van der Waals surface area contributed by atoms with Crippen LogP contribution >= 0.6 is 0 Å². The van der Waals surface area contributed by atoms with E-state index in [0.29, 0.717) is 35.9 Å². The molecule has 86 heavy (non-hydrogen) atoms. The fourth-order valence-corrected chi connectivity index (χ4v) is 14.8. The molecular weight excluding hydrogens is 1070 g/mol. The SMILES string of the molecule is CC1CCC(C2CCC(c3ccc(C=CC(=O)O)cc3)CC2)CC1.CC1CCC(c2ccc(C=CC(=O)O)cc2)CC1.COC1CCC(C2CCC(c3ccc(C=CC(=O)O)cc3)CC2)CC1.COC1CCC(c2ccc(C=CC(=O)O)cc2)CC1. The van der Waals surface area contributed by atoms with Crippen molar-refractivity contribution in [1.82, 2.24) is 0 Å². The Hall–Kier alpha value is -6.36. The second-order valence-electron chi connectivity index (χ2n) is 26.0. The molecule has 0 radical (unpaired) electrons. The van der Waals surface area contributed by atoms with Gasteiger partial charge in [0.2, 0.25) is 0 Å². The highest BCUT2D eigenvalue weighted by Crippen LogP contribution is 2.45. The predicted octanol–water partition coefficient (Wildman–Crippen LogP) is 18.7. The van der Waals surface area contributed by atoms with Crippen molar-refractivity contribution in [1.29, 1.82) is 0 Å². The number of ether oxygens (including phenoxy) is 2. The molecular formula is C76H100O10. The molecule has 0 aromatic heterocycles. The molecule has 6 aliphatic rings. The van der Waals surface area contributed by atoms with Gasteiger partial charge in [0.1, 0.15) is 0 Å². The lowest BCUT2D eigenvalue weighted by Gasteiger charge is -2.37. The van der Waals surface area contributed by atoms with Crippen LogP contribution in [0.4, 0.5) is 0 Å². The number of carboxylic acids is 4. The summed E-state index contributed by atoms with van der Waals surface area (Å²) >= 11 is 0. The summed E-state index contributed by atoms with van der Waals surface area (Å²) in [7, 11) is 3.63. The molecule has 10 rings (SSSR count).